The number of aromatic nitrogens is 2. The van der Waals surface area contributed by atoms with Crippen LogP contribution in [0.2, 0.25) is 0 Å². The number of hydrogen-bond acceptors (Lipinski definition) is 5. The van der Waals surface area contributed by atoms with Gasteiger partial charge >= 0.3 is 0 Å². The van der Waals surface area contributed by atoms with Crippen LogP contribution in [-0.4, -0.2) is 35.6 Å². The molecule has 2 atom stereocenters. The normalized spacial score (nSPS) is 22.8. The first-order chi connectivity index (χ1) is 8.60. The van der Waals surface area contributed by atoms with E-state index in [0.29, 0.717) is 11.8 Å². The molecule has 1 aliphatic rings. The van der Waals surface area contributed by atoms with Crippen molar-refractivity contribution in [2.45, 2.75) is 26.3 Å². The van der Waals surface area contributed by atoms with Crippen LogP contribution in [0.1, 0.15) is 19.0 Å². The maximum absolute atomic E-state index is 12.0. The molecule has 1 amide bonds. The van der Waals surface area contributed by atoms with Crippen LogP contribution in [0.25, 0.3) is 0 Å². The molecule has 18 heavy (non-hydrogen) atoms. The van der Waals surface area contributed by atoms with Gasteiger partial charge in [0.15, 0.2) is 0 Å². The Balaban J connectivity index is 2.09. The van der Waals surface area contributed by atoms with E-state index in [-0.39, 0.29) is 17.9 Å². The first-order valence-corrected chi connectivity index (χ1v) is 6.04. The monoisotopic (exact) mass is 250 g/mol. The molecule has 1 saturated heterocycles. The number of nitrogens with one attached hydrogen (secondary N) is 2. The lowest BCUT2D eigenvalue weighted by Crippen LogP contribution is -2.39. The highest BCUT2D eigenvalue weighted by atomic mass is 16.5. The zero-order chi connectivity index (χ0) is 13.1. The summed E-state index contributed by atoms with van der Waals surface area (Å²) in [7, 11) is 1.54. The van der Waals surface area contributed by atoms with Crippen molar-refractivity contribution >= 4 is 11.9 Å². The molecule has 0 saturated carbocycles. The minimum absolute atomic E-state index is 0.0901. The molecule has 6 nitrogen and oxygen atoms in total. The number of nitrogens with zero attached hydrogens (tertiary/aromatic N) is 2. The largest absolute Gasteiger partial charge is 0.481 e. The van der Waals surface area contributed by atoms with Crippen molar-refractivity contribution in [3.8, 4) is 5.88 Å². The van der Waals surface area contributed by atoms with Crippen LogP contribution in [0.15, 0.2) is 6.07 Å². The molecule has 0 aromatic carbocycles. The topological polar surface area (TPSA) is 76.1 Å². The Morgan fingerprint density at radius 2 is 2.33 bits per heavy atom. The van der Waals surface area contributed by atoms with E-state index in [1.165, 1.54) is 7.11 Å². The Morgan fingerprint density at radius 1 is 1.56 bits per heavy atom. The van der Waals surface area contributed by atoms with E-state index in [2.05, 4.69) is 27.5 Å². The van der Waals surface area contributed by atoms with Gasteiger partial charge in [-0.25, -0.2) is 4.98 Å². The van der Waals surface area contributed by atoms with E-state index in [4.69, 9.17) is 4.74 Å². The first-order valence-electron chi connectivity index (χ1n) is 6.04. The highest BCUT2D eigenvalue weighted by Gasteiger charge is 2.29. The van der Waals surface area contributed by atoms with Crippen LogP contribution in [0.4, 0.5) is 5.95 Å². The number of ether oxygens (including phenoxy) is 1. The van der Waals surface area contributed by atoms with E-state index in [0.717, 1.165) is 18.7 Å². The average molecular weight is 250 g/mol. The summed E-state index contributed by atoms with van der Waals surface area (Å²) >= 11 is 0. The third-order valence-corrected chi connectivity index (χ3v) is 3.09. The summed E-state index contributed by atoms with van der Waals surface area (Å²) in [5.41, 5.74) is 0.754. The molecule has 1 aromatic heterocycles. The van der Waals surface area contributed by atoms with Gasteiger partial charge in [0.25, 0.3) is 0 Å². The first kappa shape index (κ1) is 12.8. The summed E-state index contributed by atoms with van der Waals surface area (Å²) < 4.78 is 5.05. The maximum Gasteiger partial charge on any atom is 0.244 e. The van der Waals surface area contributed by atoms with Gasteiger partial charge in [-0.15, -0.1) is 0 Å². The summed E-state index contributed by atoms with van der Waals surface area (Å²) in [6, 6.07) is 1.55. The molecular formula is C12H18N4O2. The molecule has 0 radical (unpaired) electrons. The lowest BCUT2D eigenvalue weighted by molar-refractivity contribution is -0.118. The fourth-order valence-corrected chi connectivity index (χ4v) is 2.07. The molecule has 0 spiro atoms. The molecule has 2 unspecified atom stereocenters. The van der Waals surface area contributed by atoms with E-state index in [1.807, 2.05) is 6.92 Å². The Morgan fingerprint density at radius 3 is 2.94 bits per heavy atom. The number of hydrogen-bond donors (Lipinski definition) is 2. The van der Waals surface area contributed by atoms with Crippen molar-refractivity contribution in [2.75, 3.05) is 19.0 Å². The second kappa shape index (κ2) is 5.30. The number of rotatable bonds is 3. The van der Waals surface area contributed by atoms with Crippen LogP contribution < -0.4 is 15.4 Å². The van der Waals surface area contributed by atoms with Crippen molar-refractivity contribution in [1.82, 2.24) is 15.3 Å². The molecule has 0 bridgehead atoms. The van der Waals surface area contributed by atoms with Gasteiger partial charge in [0.2, 0.25) is 17.7 Å². The van der Waals surface area contributed by atoms with Crippen molar-refractivity contribution < 1.29 is 9.53 Å². The zero-order valence-electron chi connectivity index (χ0n) is 10.9. The average Bonchev–Trinajstić information content (AvgIpc) is 2.74. The molecule has 2 N–H and O–H groups in total. The molecule has 2 rings (SSSR count). The van der Waals surface area contributed by atoms with Gasteiger partial charge in [-0.1, -0.05) is 6.92 Å². The van der Waals surface area contributed by atoms with Gasteiger partial charge in [-0.3, -0.25) is 10.1 Å². The Bertz CT molecular complexity index is 450. The Labute approximate surface area is 106 Å². The zero-order valence-corrected chi connectivity index (χ0v) is 10.9. The SMILES string of the molecule is COc1cc(C)nc(NC(=O)C2NCCC2C)n1. The van der Waals surface area contributed by atoms with Crippen LogP contribution >= 0.6 is 0 Å². The molecule has 1 aliphatic heterocycles. The lowest BCUT2D eigenvalue weighted by Gasteiger charge is -2.14. The standard InChI is InChI=1S/C12H18N4O2/c1-7-4-5-13-10(7)11(17)16-12-14-8(2)6-9(15-12)18-3/h6-7,10,13H,4-5H2,1-3H3,(H,14,15,16,17). The van der Waals surface area contributed by atoms with Crippen molar-refractivity contribution in [3.05, 3.63) is 11.8 Å². The summed E-state index contributed by atoms with van der Waals surface area (Å²) in [5, 5.41) is 5.90. The minimum atomic E-state index is -0.167. The highest BCUT2D eigenvalue weighted by Crippen LogP contribution is 2.16. The van der Waals surface area contributed by atoms with E-state index < -0.39 is 0 Å². The summed E-state index contributed by atoms with van der Waals surface area (Å²) in [5.74, 6) is 0.979. The minimum Gasteiger partial charge on any atom is -0.481 e. The molecule has 1 aromatic rings. The van der Waals surface area contributed by atoms with Gasteiger partial charge < -0.3 is 10.1 Å². The fourth-order valence-electron chi connectivity index (χ4n) is 2.07. The third-order valence-electron chi connectivity index (χ3n) is 3.09. The van der Waals surface area contributed by atoms with Crippen molar-refractivity contribution in [3.63, 3.8) is 0 Å². The molecular weight excluding hydrogens is 232 g/mol. The highest BCUT2D eigenvalue weighted by molar-refractivity contribution is 5.93. The number of carbonyl (C=O) groups excluding carboxylic acids is 1. The van der Waals surface area contributed by atoms with E-state index in [9.17, 15) is 4.79 Å². The van der Waals surface area contributed by atoms with E-state index >= 15 is 0 Å². The quantitative estimate of drug-likeness (QED) is 0.827. The van der Waals surface area contributed by atoms with Gasteiger partial charge in [0.1, 0.15) is 0 Å². The maximum atomic E-state index is 12.0. The van der Waals surface area contributed by atoms with Crippen LogP contribution in [-0.2, 0) is 4.79 Å². The van der Waals surface area contributed by atoms with Crippen molar-refractivity contribution in [2.24, 2.45) is 5.92 Å². The second-order valence-electron chi connectivity index (χ2n) is 4.56. The fraction of sp³-hybridized carbons (Fsp3) is 0.583. The summed E-state index contributed by atoms with van der Waals surface area (Å²) in [4.78, 5) is 20.3. The third kappa shape index (κ3) is 2.76. The van der Waals surface area contributed by atoms with Crippen LogP contribution in [0, 0.1) is 12.8 Å². The number of anilines is 1. The summed E-state index contributed by atoms with van der Waals surface area (Å²) in [6.45, 7) is 4.76. The lowest BCUT2D eigenvalue weighted by atomic mass is 10.0. The Hall–Kier alpha value is -1.69. The van der Waals surface area contributed by atoms with Gasteiger partial charge in [0, 0.05) is 11.8 Å². The van der Waals surface area contributed by atoms with Gasteiger partial charge in [-0.2, -0.15) is 4.98 Å². The smallest absolute Gasteiger partial charge is 0.244 e. The molecule has 6 heteroatoms. The predicted octanol–water partition coefficient (Wildman–Crippen LogP) is 0.730. The van der Waals surface area contributed by atoms with Gasteiger partial charge in [0.05, 0.1) is 13.2 Å². The number of carbonyl (C=O) groups is 1. The van der Waals surface area contributed by atoms with E-state index in [1.54, 1.807) is 6.07 Å². The predicted molar refractivity (Wildman–Crippen MR) is 67.5 cm³/mol. The molecule has 2 heterocycles. The van der Waals surface area contributed by atoms with Crippen molar-refractivity contribution in [1.29, 1.82) is 0 Å². The number of aryl methyl sites for hydroxylation is 1. The van der Waals surface area contributed by atoms with Crippen LogP contribution in [0.3, 0.4) is 0 Å². The molecule has 0 aliphatic carbocycles. The van der Waals surface area contributed by atoms with Gasteiger partial charge in [-0.05, 0) is 25.8 Å². The number of methoxy groups -OCH3 is 1. The summed E-state index contributed by atoms with van der Waals surface area (Å²) in [6.07, 6.45) is 1.01. The van der Waals surface area contributed by atoms with Crippen LogP contribution in [0.5, 0.6) is 5.88 Å². The molecule has 1 fully saturated rings. The molecule has 98 valence electrons. The Kier molecular flexibility index (Phi) is 3.76. The second-order valence-corrected chi connectivity index (χ2v) is 4.56. The number of amides is 1.